The molecule has 2 heterocycles. The van der Waals surface area contributed by atoms with E-state index >= 15 is 0 Å². The van der Waals surface area contributed by atoms with Crippen LogP contribution in [0.4, 0.5) is 4.79 Å². The molecule has 0 aromatic carbocycles. The zero-order chi connectivity index (χ0) is 11.2. The van der Waals surface area contributed by atoms with Gasteiger partial charge >= 0.3 is 12.1 Å². The van der Waals surface area contributed by atoms with Crippen LogP contribution in [0.3, 0.4) is 0 Å². The fourth-order valence-electron chi connectivity index (χ4n) is 2.11. The molecule has 7 heteroatoms. The zero-order valence-electron chi connectivity index (χ0n) is 7.62. The molecule has 2 aliphatic heterocycles. The van der Waals surface area contributed by atoms with E-state index in [2.05, 4.69) is 0 Å². The number of carbonyl (C=O) groups excluding carboxylic acids is 1. The first-order chi connectivity index (χ1) is 7.04. The number of hydrogen-bond acceptors (Lipinski definition) is 4. The van der Waals surface area contributed by atoms with Crippen molar-refractivity contribution in [2.45, 2.75) is 18.6 Å². The van der Waals surface area contributed by atoms with E-state index in [4.69, 9.17) is 14.9 Å². The second-order valence-corrected chi connectivity index (χ2v) is 3.50. The molecule has 82 valence electrons. The molecule has 0 aliphatic carbocycles. The molecule has 0 aromatic rings. The summed E-state index contributed by atoms with van der Waals surface area (Å²) >= 11 is 0. The van der Waals surface area contributed by atoms with Crippen molar-refractivity contribution < 1.29 is 29.3 Å². The lowest BCUT2D eigenvalue weighted by atomic mass is 10.0. The Balaban J connectivity index is 2.35. The van der Waals surface area contributed by atoms with E-state index in [1.54, 1.807) is 0 Å². The summed E-state index contributed by atoms with van der Waals surface area (Å²) < 4.78 is 5.09. The molecular formula is C8H9NO6. The molecule has 0 spiro atoms. The maximum atomic E-state index is 11.5. The van der Waals surface area contributed by atoms with Gasteiger partial charge in [-0.05, 0) is 6.42 Å². The SMILES string of the molecule is O=C(O)C1C2OCCC2C(=O)N1C(=O)O. The second-order valence-electron chi connectivity index (χ2n) is 3.50. The smallest absolute Gasteiger partial charge is 0.414 e. The van der Waals surface area contributed by atoms with E-state index in [1.807, 2.05) is 0 Å². The van der Waals surface area contributed by atoms with Crippen LogP contribution in [0.15, 0.2) is 0 Å². The summed E-state index contributed by atoms with van der Waals surface area (Å²) in [7, 11) is 0. The third-order valence-electron chi connectivity index (χ3n) is 2.74. The Bertz CT molecular complexity index is 340. The highest BCUT2D eigenvalue weighted by Crippen LogP contribution is 2.35. The van der Waals surface area contributed by atoms with Gasteiger partial charge in [-0.25, -0.2) is 14.5 Å². The first kappa shape index (κ1) is 9.91. The van der Waals surface area contributed by atoms with Crippen LogP contribution in [0.5, 0.6) is 0 Å². The summed E-state index contributed by atoms with van der Waals surface area (Å²) in [5.41, 5.74) is 0. The van der Waals surface area contributed by atoms with Gasteiger partial charge in [0.15, 0.2) is 6.04 Å². The van der Waals surface area contributed by atoms with Gasteiger partial charge in [0.1, 0.15) is 6.10 Å². The maximum absolute atomic E-state index is 11.5. The Labute approximate surface area is 84.2 Å². The molecule has 2 saturated heterocycles. The molecular weight excluding hydrogens is 206 g/mol. The van der Waals surface area contributed by atoms with Gasteiger partial charge in [0, 0.05) is 6.61 Å². The Hall–Kier alpha value is -1.63. The van der Waals surface area contributed by atoms with Crippen molar-refractivity contribution in [3.63, 3.8) is 0 Å². The van der Waals surface area contributed by atoms with Crippen molar-refractivity contribution in [1.82, 2.24) is 4.90 Å². The fourth-order valence-corrected chi connectivity index (χ4v) is 2.11. The third kappa shape index (κ3) is 1.27. The van der Waals surface area contributed by atoms with Crippen LogP contribution in [0, 0.1) is 5.92 Å². The lowest BCUT2D eigenvalue weighted by Gasteiger charge is -2.18. The van der Waals surface area contributed by atoms with Crippen LogP contribution >= 0.6 is 0 Å². The van der Waals surface area contributed by atoms with Gasteiger partial charge in [-0.2, -0.15) is 0 Å². The molecule has 2 fully saturated rings. The predicted molar refractivity (Wildman–Crippen MR) is 44.1 cm³/mol. The lowest BCUT2D eigenvalue weighted by Crippen LogP contribution is -2.46. The highest BCUT2D eigenvalue weighted by Gasteiger charge is 2.57. The molecule has 3 unspecified atom stereocenters. The summed E-state index contributed by atoms with van der Waals surface area (Å²) in [4.78, 5) is 33.5. The zero-order valence-corrected chi connectivity index (χ0v) is 7.62. The van der Waals surface area contributed by atoms with Crippen LogP contribution in [-0.2, 0) is 14.3 Å². The van der Waals surface area contributed by atoms with Crippen molar-refractivity contribution in [1.29, 1.82) is 0 Å². The normalized spacial score (nSPS) is 34.3. The predicted octanol–water partition coefficient (Wildman–Crippen LogP) is -0.635. The Morgan fingerprint density at radius 2 is 2.07 bits per heavy atom. The lowest BCUT2D eigenvalue weighted by molar-refractivity contribution is -0.147. The van der Waals surface area contributed by atoms with E-state index in [-0.39, 0.29) is 0 Å². The number of nitrogens with zero attached hydrogens (tertiary/aromatic N) is 1. The molecule has 2 amide bonds. The molecule has 15 heavy (non-hydrogen) atoms. The Morgan fingerprint density at radius 3 is 2.60 bits per heavy atom. The van der Waals surface area contributed by atoms with Crippen molar-refractivity contribution in [3.8, 4) is 0 Å². The van der Waals surface area contributed by atoms with Gasteiger partial charge in [-0.3, -0.25) is 4.79 Å². The Morgan fingerprint density at radius 1 is 1.40 bits per heavy atom. The van der Waals surface area contributed by atoms with Crippen molar-refractivity contribution in [3.05, 3.63) is 0 Å². The van der Waals surface area contributed by atoms with Gasteiger partial charge in [-0.1, -0.05) is 0 Å². The van der Waals surface area contributed by atoms with Crippen LogP contribution in [-0.4, -0.2) is 51.8 Å². The molecule has 0 radical (unpaired) electrons. The molecule has 2 rings (SSSR count). The number of imide groups is 1. The van der Waals surface area contributed by atoms with Crippen LogP contribution in [0.1, 0.15) is 6.42 Å². The average molecular weight is 215 g/mol. The Kier molecular flexibility index (Phi) is 2.11. The van der Waals surface area contributed by atoms with Gasteiger partial charge in [0.05, 0.1) is 5.92 Å². The maximum Gasteiger partial charge on any atom is 0.414 e. The summed E-state index contributed by atoms with van der Waals surface area (Å²) in [5, 5.41) is 17.6. The summed E-state index contributed by atoms with van der Waals surface area (Å²) in [6.07, 6.45) is -1.98. The van der Waals surface area contributed by atoms with Gasteiger partial charge < -0.3 is 14.9 Å². The number of carbonyl (C=O) groups is 3. The quantitative estimate of drug-likeness (QED) is 0.603. The van der Waals surface area contributed by atoms with Crippen LogP contribution < -0.4 is 0 Å². The summed E-state index contributed by atoms with van der Waals surface area (Å²) in [5.74, 6) is -2.64. The second kappa shape index (κ2) is 3.20. The molecule has 2 aliphatic rings. The first-order valence-electron chi connectivity index (χ1n) is 4.44. The number of carboxylic acids is 1. The first-order valence-corrected chi connectivity index (χ1v) is 4.44. The average Bonchev–Trinajstić information content (AvgIpc) is 2.66. The minimum absolute atomic E-state index is 0.304. The van der Waals surface area contributed by atoms with E-state index in [1.165, 1.54) is 0 Å². The summed E-state index contributed by atoms with van der Waals surface area (Å²) in [6.45, 7) is 0.304. The highest BCUT2D eigenvalue weighted by molar-refractivity contribution is 6.00. The number of rotatable bonds is 1. The van der Waals surface area contributed by atoms with Crippen molar-refractivity contribution >= 4 is 18.0 Å². The molecule has 3 atom stereocenters. The minimum atomic E-state index is -1.54. The van der Waals surface area contributed by atoms with E-state index < -0.39 is 36.0 Å². The summed E-state index contributed by atoms with van der Waals surface area (Å²) in [6, 6.07) is -1.40. The number of amides is 2. The van der Waals surface area contributed by atoms with Gasteiger partial charge in [0.2, 0.25) is 5.91 Å². The minimum Gasteiger partial charge on any atom is -0.480 e. The number of ether oxygens (including phenoxy) is 1. The monoisotopic (exact) mass is 215 g/mol. The number of carboxylic acid groups (broad SMARTS) is 2. The van der Waals surface area contributed by atoms with Gasteiger partial charge in [0.25, 0.3) is 0 Å². The van der Waals surface area contributed by atoms with E-state index in [0.29, 0.717) is 17.9 Å². The van der Waals surface area contributed by atoms with Crippen LogP contribution in [0.25, 0.3) is 0 Å². The van der Waals surface area contributed by atoms with Crippen molar-refractivity contribution in [2.24, 2.45) is 5.92 Å². The number of likely N-dealkylation sites (tertiary alicyclic amines) is 1. The molecule has 7 nitrogen and oxygen atoms in total. The largest absolute Gasteiger partial charge is 0.480 e. The number of hydrogen-bond donors (Lipinski definition) is 2. The van der Waals surface area contributed by atoms with Gasteiger partial charge in [-0.15, -0.1) is 0 Å². The van der Waals surface area contributed by atoms with E-state index in [0.717, 1.165) is 0 Å². The third-order valence-corrected chi connectivity index (χ3v) is 2.74. The molecule has 0 saturated carbocycles. The number of fused-ring (bicyclic) bond motifs is 1. The fraction of sp³-hybridized carbons (Fsp3) is 0.625. The molecule has 0 bridgehead atoms. The standard InChI is InChI=1S/C8H9NO6/c10-6-3-1-2-15-5(3)4(7(11)12)9(6)8(13)14/h3-5H,1-2H2,(H,11,12)(H,13,14). The highest BCUT2D eigenvalue weighted by atomic mass is 16.5. The van der Waals surface area contributed by atoms with Crippen molar-refractivity contribution in [2.75, 3.05) is 6.61 Å². The van der Waals surface area contributed by atoms with E-state index in [9.17, 15) is 14.4 Å². The molecule has 2 N–H and O–H groups in total. The number of aliphatic carboxylic acids is 1. The topological polar surface area (TPSA) is 104 Å². The van der Waals surface area contributed by atoms with Crippen LogP contribution in [0.2, 0.25) is 0 Å². The molecule has 0 aromatic heterocycles.